The molecule has 0 aliphatic heterocycles. The second kappa shape index (κ2) is 4.25. The van der Waals surface area contributed by atoms with Crippen molar-refractivity contribution in [3.63, 3.8) is 0 Å². The van der Waals surface area contributed by atoms with E-state index >= 15 is 0 Å². The molecule has 0 saturated heterocycles. The third-order valence-corrected chi connectivity index (χ3v) is 4.30. The van der Waals surface area contributed by atoms with Gasteiger partial charge in [0, 0.05) is 17.0 Å². The lowest BCUT2D eigenvalue weighted by molar-refractivity contribution is 0.386. The van der Waals surface area contributed by atoms with E-state index in [0.29, 0.717) is 15.8 Å². The van der Waals surface area contributed by atoms with E-state index in [2.05, 4.69) is 15.9 Å². The van der Waals surface area contributed by atoms with Crippen molar-refractivity contribution >= 4 is 15.9 Å². The summed E-state index contributed by atoms with van der Waals surface area (Å²) in [5, 5.41) is 0. The zero-order chi connectivity index (χ0) is 12.8. The van der Waals surface area contributed by atoms with Gasteiger partial charge in [-0.2, -0.15) is 0 Å². The van der Waals surface area contributed by atoms with E-state index in [9.17, 15) is 4.39 Å². The average molecular weight is 302 g/mol. The van der Waals surface area contributed by atoms with Crippen LogP contribution in [-0.4, -0.2) is 13.2 Å². The van der Waals surface area contributed by atoms with Gasteiger partial charge in [-0.15, -0.1) is 0 Å². The molecule has 94 valence electrons. The SMILES string of the molecule is COc1c(C)cc(Br)c(F)c1C1(C(C)N)CC1. The smallest absolute Gasteiger partial charge is 0.144 e. The molecule has 0 bridgehead atoms. The Hall–Kier alpha value is -0.610. The molecule has 0 radical (unpaired) electrons. The van der Waals surface area contributed by atoms with E-state index in [1.807, 2.05) is 13.8 Å². The minimum Gasteiger partial charge on any atom is -0.496 e. The molecule has 1 fully saturated rings. The largest absolute Gasteiger partial charge is 0.496 e. The van der Waals surface area contributed by atoms with Crippen LogP contribution in [0.4, 0.5) is 4.39 Å². The number of hydrogen-bond acceptors (Lipinski definition) is 2. The van der Waals surface area contributed by atoms with Gasteiger partial charge in [0.1, 0.15) is 11.6 Å². The van der Waals surface area contributed by atoms with Gasteiger partial charge < -0.3 is 10.5 Å². The van der Waals surface area contributed by atoms with Crippen LogP contribution in [0.15, 0.2) is 10.5 Å². The predicted octanol–water partition coefficient (Wildman–Crippen LogP) is 3.28. The second-order valence-electron chi connectivity index (χ2n) is 4.84. The Bertz CT molecular complexity index is 455. The van der Waals surface area contributed by atoms with E-state index in [0.717, 1.165) is 18.4 Å². The third kappa shape index (κ3) is 1.87. The van der Waals surface area contributed by atoms with Crippen LogP contribution >= 0.6 is 15.9 Å². The summed E-state index contributed by atoms with van der Waals surface area (Å²) in [5.74, 6) is 0.405. The molecule has 1 unspecified atom stereocenters. The summed E-state index contributed by atoms with van der Waals surface area (Å²) in [7, 11) is 1.58. The fourth-order valence-electron chi connectivity index (χ4n) is 2.51. The summed E-state index contributed by atoms with van der Waals surface area (Å²) >= 11 is 3.26. The van der Waals surface area contributed by atoms with Gasteiger partial charge in [-0.25, -0.2) is 4.39 Å². The molecule has 1 aromatic rings. The summed E-state index contributed by atoms with van der Waals surface area (Å²) in [6, 6.07) is 1.68. The summed E-state index contributed by atoms with van der Waals surface area (Å²) < 4.78 is 20.2. The van der Waals surface area contributed by atoms with Gasteiger partial charge in [0.25, 0.3) is 0 Å². The van der Waals surface area contributed by atoms with Crippen molar-refractivity contribution in [1.29, 1.82) is 0 Å². The maximum absolute atomic E-state index is 14.3. The van der Waals surface area contributed by atoms with E-state index in [4.69, 9.17) is 10.5 Å². The number of rotatable bonds is 3. The van der Waals surface area contributed by atoms with E-state index < -0.39 is 0 Å². The Kier molecular flexibility index (Phi) is 3.21. The Balaban J connectivity index is 2.67. The second-order valence-corrected chi connectivity index (χ2v) is 5.70. The van der Waals surface area contributed by atoms with Crippen LogP contribution in [0.5, 0.6) is 5.75 Å². The average Bonchev–Trinajstić information content (AvgIpc) is 3.04. The van der Waals surface area contributed by atoms with Crippen LogP contribution in [0.25, 0.3) is 0 Å². The van der Waals surface area contributed by atoms with Gasteiger partial charge >= 0.3 is 0 Å². The summed E-state index contributed by atoms with van der Waals surface area (Å²) in [6.07, 6.45) is 1.85. The number of aryl methyl sites for hydroxylation is 1. The van der Waals surface area contributed by atoms with Gasteiger partial charge in [-0.3, -0.25) is 0 Å². The number of ether oxygens (including phenoxy) is 1. The molecule has 1 aliphatic rings. The van der Waals surface area contributed by atoms with Crippen LogP contribution in [0, 0.1) is 12.7 Å². The fourth-order valence-corrected chi connectivity index (χ4v) is 3.05. The molecule has 0 spiro atoms. The standard InChI is InChI=1S/C13H17BrFNO/c1-7-6-9(14)11(15)10(12(7)17-3)13(4-5-13)8(2)16/h6,8H,4-5,16H2,1-3H3. The lowest BCUT2D eigenvalue weighted by Gasteiger charge is -2.24. The molecule has 1 aliphatic carbocycles. The van der Waals surface area contributed by atoms with E-state index in [1.54, 1.807) is 13.2 Å². The molecule has 2 rings (SSSR count). The maximum atomic E-state index is 14.3. The summed E-state index contributed by atoms with van der Waals surface area (Å²) in [5.41, 5.74) is 7.35. The van der Waals surface area contributed by atoms with E-state index in [1.165, 1.54) is 0 Å². The molecule has 0 aromatic heterocycles. The minimum absolute atomic E-state index is 0.0698. The first-order valence-corrected chi connectivity index (χ1v) is 6.52. The van der Waals surface area contributed by atoms with Crippen molar-refractivity contribution in [2.75, 3.05) is 7.11 Å². The number of methoxy groups -OCH3 is 1. The molecule has 0 amide bonds. The highest BCUT2D eigenvalue weighted by molar-refractivity contribution is 9.10. The van der Waals surface area contributed by atoms with Crippen molar-refractivity contribution < 1.29 is 9.13 Å². The highest BCUT2D eigenvalue weighted by Crippen LogP contribution is 2.55. The molecular formula is C13H17BrFNO. The normalized spacial score (nSPS) is 18.9. The molecule has 2 nitrogen and oxygen atoms in total. The van der Waals surface area contributed by atoms with Crippen molar-refractivity contribution in [2.24, 2.45) is 5.73 Å². The molecule has 4 heteroatoms. The van der Waals surface area contributed by atoms with Gasteiger partial charge in [-0.1, -0.05) is 0 Å². The van der Waals surface area contributed by atoms with Gasteiger partial charge in [0.05, 0.1) is 11.6 Å². The Morgan fingerprint density at radius 3 is 2.53 bits per heavy atom. The van der Waals surface area contributed by atoms with Gasteiger partial charge in [0.2, 0.25) is 0 Å². The monoisotopic (exact) mass is 301 g/mol. The molecule has 1 saturated carbocycles. The van der Waals surface area contributed by atoms with Crippen molar-refractivity contribution in [2.45, 2.75) is 38.1 Å². The fraction of sp³-hybridized carbons (Fsp3) is 0.538. The maximum Gasteiger partial charge on any atom is 0.144 e. The number of halogens is 2. The van der Waals surface area contributed by atoms with Crippen molar-refractivity contribution in [1.82, 2.24) is 0 Å². The molecule has 0 heterocycles. The third-order valence-electron chi connectivity index (χ3n) is 3.72. The Morgan fingerprint density at radius 2 is 2.12 bits per heavy atom. The molecule has 2 N–H and O–H groups in total. The minimum atomic E-state index is -0.246. The first kappa shape index (κ1) is 12.8. The highest BCUT2D eigenvalue weighted by atomic mass is 79.9. The number of benzene rings is 1. The Morgan fingerprint density at radius 1 is 1.53 bits per heavy atom. The van der Waals surface area contributed by atoms with Crippen LogP contribution in [-0.2, 0) is 5.41 Å². The van der Waals surface area contributed by atoms with Crippen molar-refractivity contribution in [3.8, 4) is 5.75 Å². The zero-order valence-electron chi connectivity index (χ0n) is 10.3. The number of hydrogen-bond donors (Lipinski definition) is 1. The molecule has 1 aromatic carbocycles. The lowest BCUT2D eigenvalue weighted by Crippen LogP contribution is -2.33. The summed E-state index contributed by atoms with van der Waals surface area (Å²) in [4.78, 5) is 0. The van der Waals surface area contributed by atoms with Crippen molar-refractivity contribution in [3.05, 3.63) is 27.5 Å². The molecular weight excluding hydrogens is 285 g/mol. The zero-order valence-corrected chi connectivity index (χ0v) is 11.9. The van der Waals surface area contributed by atoms with Crippen LogP contribution in [0.3, 0.4) is 0 Å². The molecule has 17 heavy (non-hydrogen) atoms. The van der Waals surface area contributed by atoms with Gasteiger partial charge in [-0.05, 0) is 54.2 Å². The van der Waals surface area contributed by atoms with E-state index in [-0.39, 0.29) is 17.3 Å². The first-order chi connectivity index (χ1) is 7.94. The summed E-state index contributed by atoms with van der Waals surface area (Å²) in [6.45, 7) is 3.85. The Labute approximate surface area is 109 Å². The first-order valence-electron chi connectivity index (χ1n) is 5.72. The van der Waals surface area contributed by atoms with Crippen LogP contribution in [0.2, 0.25) is 0 Å². The highest BCUT2D eigenvalue weighted by Gasteiger charge is 2.51. The van der Waals surface area contributed by atoms with Crippen LogP contribution in [0.1, 0.15) is 30.9 Å². The number of nitrogens with two attached hydrogens (primary N) is 1. The predicted molar refractivity (Wildman–Crippen MR) is 70.0 cm³/mol. The molecule has 1 atom stereocenters. The lowest BCUT2D eigenvalue weighted by atomic mass is 9.87. The quantitative estimate of drug-likeness (QED) is 0.930. The van der Waals surface area contributed by atoms with Crippen LogP contribution < -0.4 is 10.5 Å². The van der Waals surface area contributed by atoms with Gasteiger partial charge in [0.15, 0.2) is 0 Å². The topological polar surface area (TPSA) is 35.2 Å².